The van der Waals surface area contributed by atoms with E-state index >= 15 is 0 Å². The van der Waals surface area contributed by atoms with E-state index in [0.29, 0.717) is 23.9 Å². The number of nitrogens with zero attached hydrogens (tertiary/aromatic N) is 1. The fourth-order valence-corrected chi connectivity index (χ4v) is 3.05. The highest BCUT2D eigenvalue weighted by molar-refractivity contribution is 6.31. The number of rotatable bonds is 5. The van der Waals surface area contributed by atoms with Crippen molar-refractivity contribution in [2.24, 2.45) is 0 Å². The predicted octanol–water partition coefficient (Wildman–Crippen LogP) is 3.81. The first kappa shape index (κ1) is 18.5. The fourth-order valence-electron chi connectivity index (χ4n) is 2.88. The van der Waals surface area contributed by atoms with Gasteiger partial charge < -0.3 is 19.7 Å². The van der Waals surface area contributed by atoms with Crippen molar-refractivity contribution in [3.05, 3.63) is 52.5 Å². The van der Waals surface area contributed by atoms with E-state index in [4.69, 9.17) is 21.1 Å². The maximum Gasteiger partial charge on any atom is 0.262 e. The number of aryl methyl sites for hydroxylation is 2. The Hall–Kier alpha value is -2.24. The number of hydrogen-bond acceptors (Lipinski definition) is 4. The van der Waals surface area contributed by atoms with Gasteiger partial charge in [0.2, 0.25) is 0 Å². The number of benzene rings is 2. The summed E-state index contributed by atoms with van der Waals surface area (Å²) in [5, 5.41) is 3.50. The number of anilines is 2. The van der Waals surface area contributed by atoms with Gasteiger partial charge in [-0.25, -0.2) is 0 Å². The zero-order valence-electron chi connectivity index (χ0n) is 15.0. The average molecular weight is 375 g/mol. The molecule has 1 fully saturated rings. The van der Waals surface area contributed by atoms with Crippen LogP contribution in [0.15, 0.2) is 36.4 Å². The molecule has 0 atom stereocenters. The molecule has 6 heteroatoms. The van der Waals surface area contributed by atoms with E-state index in [0.717, 1.165) is 35.7 Å². The number of carbonyl (C=O) groups excluding carboxylic acids is 1. The van der Waals surface area contributed by atoms with Gasteiger partial charge in [0, 0.05) is 18.1 Å². The van der Waals surface area contributed by atoms with Gasteiger partial charge in [-0.2, -0.15) is 0 Å². The average Bonchev–Trinajstić information content (AvgIpc) is 2.63. The van der Waals surface area contributed by atoms with Crippen molar-refractivity contribution >= 4 is 28.9 Å². The molecule has 0 unspecified atom stereocenters. The van der Waals surface area contributed by atoms with Crippen molar-refractivity contribution in [2.75, 3.05) is 43.1 Å². The molecule has 2 aromatic carbocycles. The first-order valence-electron chi connectivity index (χ1n) is 8.65. The molecule has 5 nitrogen and oxygen atoms in total. The van der Waals surface area contributed by atoms with E-state index in [-0.39, 0.29) is 12.5 Å². The van der Waals surface area contributed by atoms with Crippen LogP contribution in [-0.4, -0.2) is 38.8 Å². The summed E-state index contributed by atoms with van der Waals surface area (Å²) < 4.78 is 11.1. The van der Waals surface area contributed by atoms with Crippen molar-refractivity contribution in [3.63, 3.8) is 0 Å². The molecule has 3 rings (SSSR count). The Bertz CT molecular complexity index is 789. The molecule has 1 N–H and O–H groups in total. The summed E-state index contributed by atoms with van der Waals surface area (Å²) in [6, 6.07) is 11.5. The molecule has 0 saturated carbocycles. The molecule has 1 aliphatic heterocycles. The maximum atomic E-state index is 12.4. The van der Waals surface area contributed by atoms with Gasteiger partial charge in [-0.15, -0.1) is 0 Å². The Labute approximate surface area is 158 Å². The zero-order valence-corrected chi connectivity index (χ0v) is 15.8. The Morgan fingerprint density at radius 3 is 2.73 bits per heavy atom. The normalized spacial score (nSPS) is 14.2. The topological polar surface area (TPSA) is 50.8 Å². The summed E-state index contributed by atoms with van der Waals surface area (Å²) >= 11 is 6.12. The predicted molar refractivity (Wildman–Crippen MR) is 105 cm³/mol. The maximum absolute atomic E-state index is 12.4. The highest BCUT2D eigenvalue weighted by Gasteiger charge is 2.17. The number of nitrogens with one attached hydrogen (secondary N) is 1. The third-order valence-electron chi connectivity index (χ3n) is 4.29. The van der Waals surface area contributed by atoms with Crippen molar-refractivity contribution in [1.29, 1.82) is 0 Å². The first-order chi connectivity index (χ1) is 12.5. The van der Waals surface area contributed by atoms with Crippen LogP contribution in [0.1, 0.15) is 11.1 Å². The Balaban J connectivity index is 1.68. The summed E-state index contributed by atoms with van der Waals surface area (Å²) in [5.41, 5.74) is 3.72. The zero-order chi connectivity index (χ0) is 18.5. The molecule has 0 aliphatic carbocycles. The second-order valence-electron chi connectivity index (χ2n) is 6.37. The van der Waals surface area contributed by atoms with Crippen molar-refractivity contribution < 1.29 is 14.3 Å². The molecule has 0 aromatic heterocycles. The second kappa shape index (κ2) is 8.43. The molecule has 1 amide bonds. The molecule has 138 valence electrons. The monoisotopic (exact) mass is 374 g/mol. The van der Waals surface area contributed by atoms with E-state index in [1.807, 2.05) is 44.2 Å². The number of morpholine rings is 1. The van der Waals surface area contributed by atoms with Crippen molar-refractivity contribution in [2.45, 2.75) is 13.8 Å². The number of hydrogen-bond donors (Lipinski definition) is 1. The molecule has 1 heterocycles. The SMILES string of the molecule is Cc1ccc(C)c(OCC(=O)Nc2cc(Cl)ccc2N2CCOCC2)c1. The van der Waals surface area contributed by atoms with Crippen LogP contribution in [0.25, 0.3) is 0 Å². The van der Waals surface area contributed by atoms with E-state index < -0.39 is 0 Å². The fraction of sp³-hybridized carbons (Fsp3) is 0.350. The van der Waals surface area contributed by atoms with Gasteiger partial charge in [0.25, 0.3) is 5.91 Å². The minimum Gasteiger partial charge on any atom is -0.483 e. The third-order valence-corrected chi connectivity index (χ3v) is 4.52. The molecule has 1 saturated heterocycles. The van der Waals surface area contributed by atoms with E-state index in [9.17, 15) is 4.79 Å². The summed E-state index contributed by atoms with van der Waals surface area (Å²) in [4.78, 5) is 14.6. The van der Waals surface area contributed by atoms with Gasteiger partial charge in [0.05, 0.1) is 24.6 Å². The summed E-state index contributed by atoms with van der Waals surface area (Å²) in [6.07, 6.45) is 0. The standard InChI is InChI=1S/C20H23ClN2O3/c1-14-3-4-15(2)19(11-14)26-13-20(24)22-17-12-16(21)5-6-18(17)23-7-9-25-10-8-23/h3-6,11-12H,7-10,13H2,1-2H3,(H,22,24). The van der Waals surface area contributed by atoms with Crippen LogP contribution in [0.2, 0.25) is 5.02 Å². The molecule has 0 spiro atoms. The van der Waals surface area contributed by atoms with Crippen LogP contribution in [0.5, 0.6) is 5.75 Å². The van der Waals surface area contributed by atoms with Crippen LogP contribution in [0, 0.1) is 13.8 Å². The quantitative estimate of drug-likeness (QED) is 0.864. The van der Waals surface area contributed by atoms with Gasteiger partial charge in [-0.3, -0.25) is 4.79 Å². The Kier molecular flexibility index (Phi) is 6.01. The summed E-state index contributed by atoms with van der Waals surface area (Å²) in [7, 11) is 0. The number of carbonyl (C=O) groups is 1. The molecule has 26 heavy (non-hydrogen) atoms. The van der Waals surface area contributed by atoms with E-state index in [1.54, 1.807) is 6.07 Å². The minimum absolute atomic E-state index is 0.0562. The van der Waals surface area contributed by atoms with Crippen LogP contribution in [0.3, 0.4) is 0 Å². The largest absolute Gasteiger partial charge is 0.483 e. The van der Waals surface area contributed by atoms with Crippen molar-refractivity contribution in [1.82, 2.24) is 0 Å². The Morgan fingerprint density at radius 1 is 1.19 bits per heavy atom. The summed E-state index contributed by atoms with van der Waals surface area (Å²) in [5.74, 6) is 0.502. The third kappa shape index (κ3) is 4.68. The molecule has 0 bridgehead atoms. The van der Waals surface area contributed by atoms with Crippen LogP contribution in [-0.2, 0) is 9.53 Å². The highest BCUT2D eigenvalue weighted by Crippen LogP contribution is 2.30. The van der Waals surface area contributed by atoms with Gasteiger partial charge in [0.1, 0.15) is 5.75 Å². The highest BCUT2D eigenvalue weighted by atomic mass is 35.5. The minimum atomic E-state index is -0.220. The second-order valence-corrected chi connectivity index (χ2v) is 6.80. The Morgan fingerprint density at radius 2 is 1.96 bits per heavy atom. The molecular weight excluding hydrogens is 352 g/mol. The lowest BCUT2D eigenvalue weighted by Gasteiger charge is -2.30. The smallest absolute Gasteiger partial charge is 0.262 e. The van der Waals surface area contributed by atoms with Gasteiger partial charge in [-0.1, -0.05) is 23.7 Å². The molecular formula is C20H23ClN2O3. The first-order valence-corrected chi connectivity index (χ1v) is 9.03. The van der Waals surface area contributed by atoms with E-state index in [2.05, 4.69) is 10.2 Å². The molecule has 1 aliphatic rings. The number of halogens is 1. The van der Waals surface area contributed by atoms with Crippen LogP contribution in [0.4, 0.5) is 11.4 Å². The molecule has 0 radical (unpaired) electrons. The van der Waals surface area contributed by atoms with Gasteiger partial charge in [-0.05, 0) is 49.2 Å². The van der Waals surface area contributed by atoms with Gasteiger partial charge in [0.15, 0.2) is 6.61 Å². The molecule has 2 aromatic rings. The van der Waals surface area contributed by atoms with Crippen LogP contribution < -0.4 is 15.0 Å². The lowest BCUT2D eigenvalue weighted by Crippen LogP contribution is -2.37. The number of ether oxygens (including phenoxy) is 2. The number of amides is 1. The lowest BCUT2D eigenvalue weighted by molar-refractivity contribution is -0.118. The van der Waals surface area contributed by atoms with E-state index in [1.165, 1.54) is 0 Å². The summed E-state index contributed by atoms with van der Waals surface area (Å²) in [6.45, 7) is 6.80. The van der Waals surface area contributed by atoms with Crippen LogP contribution >= 0.6 is 11.6 Å². The van der Waals surface area contributed by atoms with Gasteiger partial charge >= 0.3 is 0 Å². The van der Waals surface area contributed by atoms with Crippen molar-refractivity contribution in [3.8, 4) is 5.75 Å². The lowest BCUT2D eigenvalue weighted by atomic mass is 10.1.